The molecule has 1 aromatic carbocycles. The second-order valence-electron chi connectivity index (χ2n) is 9.34. The van der Waals surface area contributed by atoms with Crippen molar-refractivity contribution in [3.05, 3.63) is 52.4 Å². The number of hydrogen-bond donors (Lipinski definition) is 2. The number of dihydropyridines is 1. The molecule has 0 bridgehead atoms. The number of phenols is 1. The van der Waals surface area contributed by atoms with Gasteiger partial charge in [0.15, 0.2) is 5.78 Å². The van der Waals surface area contributed by atoms with Gasteiger partial charge in [0.05, 0.1) is 5.57 Å². The third-order valence-corrected chi connectivity index (χ3v) is 6.24. The number of carbonyl (C=O) groups is 2. The zero-order chi connectivity index (χ0) is 20.8. The lowest BCUT2D eigenvalue weighted by Crippen LogP contribution is -2.39. The van der Waals surface area contributed by atoms with Gasteiger partial charge >= 0.3 is 5.97 Å². The van der Waals surface area contributed by atoms with E-state index >= 15 is 0 Å². The summed E-state index contributed by atoms with van der Waals surface area (Å²) in [5.41, 5.74) is 3.34. The quantitative estimate of drug-likeness (QED) is 0.738. The lowest BCUT2D eigenvalue weighted by molar-refractivity contribution is -0.144. The molecule has 2 aliphatic carbocycles. The van der Waals surface area contributed by atoms with Gasteiger partial charge < -0.3 is 15.2 Å². The van der Waals surface area contributed by atoms with Crippen molar-refractivity contribution in [2.75, 3.05) is 0 Å². The van der Waals surface area contributed by atoms with Crippen LogP contribution in [-0.4, -0.2) is 23.0 Å². The fourth-order valence-corrected chi connectivity index (χ4v) is 4.97. The molecule has 1 atom stereocenters. The number of allylic oxidation sites excluding steroid dienone is 3. The van der Waals surface area contributed by atoms with Crippen LogP contribution in [0.2, 0.25) is 0 Å². The Kier molecular flexibility index (Phi) is 5.01. The molecule has 5 nitrogen and oxygen atoms in total. The molecule has 0 spiro atoms. The Labute approximate surface area is 171 Å². The Balaban J connectivity index is 1.79. The summed E-state index contributed by atoms with van der Waals surface area (Å²) in [5.74, 6) is -0.709. The number of Topliss-reactive ketones (excluding diaryl/α,β-unsaturated/α-hetero) is 1. The molecule has 1 unspecified atom stereocenters. The average Bonchev–Trinajstić information content (AvgIpc) is 3.12. The van der Waals surface area contributed by atoms with E-state index in [0.717, 1.165) is 49.1 Å². The number of rotatable bonds is 3. The third-order valence-electron chi connectivity index (χ3n) is 6.24. The van der Waals surface area contributed by atoms with Gasteiger partial charge in [0, 0.05) is 29.3 Å². The number of ether oxygens (including phenoxy) is 1. The Bertz CT molecular complexity index is 919. The summed E-state index contributed by atoms with van der Waals surface area (Å²) < 4.78 is 5.83. The monoisotopic (exact) mass is 395 g/mol. The normalized spacial score (nSPS) is 24.4. The SMILES string of the molecule is CC1=C(C(=O)OC2CCCC2)C(c2cccc(O)c2)C2=C(CC(C)(C)CC2=O)N1. The second kappa shape index (κ2) is 7.36. The number of nitrogens with one attached hydrogen (secondary N) is 1. The Morgan fingerprint density at radius 3 is 2.62 bits per heavy atom. The van der Waals surface area contributed by atoms with Crippen molar-refractivity contribution in [3.8, 4) is 5.75 Å². The fraction of sp³-hybridized carbons (Fsp3) is 0.500. The van der Waals surface area contributed by atoms with Gasteiger partial charge in [-0.05, 0) is 62.1 Å². The summed E-state index contributed by atoms with van der Waals surface area (Å²) >= 11 is 0. The lowest BCUT2D eigenvalue weighted by Gasteiger charge is -2.39. The predicted octanol–water partition coefficient (Wildman–Crippen LogP) is 4.48. The third kappa shape index (κ3) is 3.83. The lowest BCUT2D eigenvalue weighted by atomic mass is 9.68. The van der Waals surface area contributed by atoms with Crippen LogP contribution in [0.3, 0.4) is 0 Å². The topological polar surface area (TPSA) is 75.6 Å². The molecule has 0 aromatic heterocycles. The van der Waals surface area contributed by atoms with Crippen molar-refractivity contribution < 1.29 is 19.4 Å². The number of benzene rings is 1. The second-order valence-corrected chi connectivity index (χ2v) is 9.34. The first-order chi connectivity index (χ1) is 13.7. The standard InChI is InChI=1S/C24H29NO4/c1-14-20(23(28)29-17-9-4-5-10-17)21(15-7-6-8-16(26)11-15)22-18(25-14)12-24(2,3)13-19(22)27/h6-8,11,17,21,25-26H,4-5,9-10,12-13H2,1-3H3. The van der Waals surface area contributed by atoms with E-state index in [9.17, 15) is 14.7 Å². The van der Waals surface area contributed by atoms with E-state index in [2.05, 4.69) is 19.2 Å². The van der Waals surface area contributed by atoms with Crippen molar-refractivity contribution in [2.24, 2.45) is 5.41 Å². The molecular weight excluding hydrogens is 366 g/mol. The van der Waals surface area contributed by atoms with E-state index in [1.165, 1.54) is 0 Å². The zero-order valence-electron chi connectivity index (χ0n) is 17.4. The minimum Gasteiger partial charge on any atom is -0.508 e. The molecule has 1 aromatic rings. The first kappa shape index (κ1) is 19.7. The highest BCUT2D eigenvalue weighted by molar-refractivity contribution is 6.04. The molecule has 1 heterocycles. The summed E-state index contributed by atoms with van der Waals surface area (Å²) in [6.45, 7) is 6.04. The number of hydrogen-bond acceptors (Lipinski definition) is 5. The maximum absolute atomic E-state index is 13.2. The Morgan fingerprint density at radius 1 is 1.21 bits per heavy atom. The first-order valence-corrected chi connectivity index (χ1v) is 10.5. The van der Waals surface area contributed by atoms with Crippen LogP contribution in [-0.2, 0) is 14.3 Å². The Hall–Kier alpha value is -2.56. The van der Waals surface area contributed by atoms with E-state index in [1.807, 2.05) is 13.0 Å². The summed E-state index contributed by atoms with van der Waals surface area (Å²) in [6, 6.07) is 6.85. The molecule has 0 saturated heterocycles. The predicted molar refractivity (Wildman–Crippen MR) is 110 cm³/mol. The number of ketones is 1. The highest BCUT2D eigenvalue weighted by Gasteiger charge is 2.43. The van der Waals surface area contributed by atoms with E-state index in [0.29, 0.717) is 17.6 Å². The van der Waals surface area contributed by atoms with Crippen LogP contribution in [0.4, 0.5) is 0 Å². The van der Waals surface area contributed by atoms with Crippen molar-refractivity contribution in [1.82, 2.24) is 5.32 Å². The average molecular weight is 395 g/mol. The van der Waals surface area contributed by atoms with E-state index < -0.39 is 5.92 Å². The highest BCUT2D eigenvalue weighted by atomic mass is 16.5. The maximum atomic E-state index is 13.2. The van der Waals surface area contributed by atoms with Gasteiger partial charge in [-0.1, -0.05) is 26.0 Å². The van der Waals surface area contributed by atoms with Crippen LogP contribution >= 0.6 is 0 Å². The smallest absolute Gasteiger partial charge is 0.337 e. The fourth-order valence-electron chi connectivity index (χ4n) is 4.97. The molecule has 2 N–H and O–H groups in total. The van der Waals surface area contributed by atoms with Gasteiger partial charge in [-0.2, -0.15) is 0 Å². The van der Waals surface area contributed by atoms with Crippen LogP contribution in [0.25, 0.3) is 0 Å². The molecule has 0 amide bonds. The van der Waals surface area contributed by atoms with Crippen LogP contribution in [0.15, 0.2) is 46.8 Å². The van der Waals surface area contributed by atoms with E-state index in [1.54, 1.807) is 18.2 Å². The number of carbonyl (C=O) groups excluding carboxylic acids is 2. The summed E-state index contributed by atoms with van der Waals surface area (Å²) in [7, 11) is 0. The molecule has 29 heavy (non-hydrogen) atoms. The van der Waals surface area contributed by atoms with Gasteiger partial charge in [-0.15, -0.1) is 0 Å². The molecule has 154 valence electrons. The largest absolute Gasteiger partial charge is 0.508 e. The van der Waals surface area contributed by atoms with Crippen LogP contribution in [0.1, 0.15) is 70.8 Å². The van der Waals surface area contributed by atoms with Crippen LogP contribution in [0.5, 0.6) is 5.75 Å². The van der Waals surface area contributed by atoms with Crippen LogP contribution in [0, 0.1) is 5.41 Å². The van der Waals surface area contributed by atoms with Crippen LogP contribution < -0.4 is 5.32 Å². The summed E-state index contributed by atoms with van der Waals surface area (Å²) in [6.07, 6.45) is 5.06. The minimum atomic E-state index is -0.518. The minimum absolute atomic E-state index is 0.0516. The van der Waals surface area contributed by atoms with E-state index in [-0.39, 0.29) is 29.0 Å². The highest BCUT2D eigenvalue weighted by Crippen LogP contribution is 2.47. The zero-order valence-corrected chi connectivity index (χ0v) is 17.4. The first-order valence-electron chi connectivity index (χ1n) is 10.5. The maximum Gasteiger partial charge on any atom is 0.337 e. The molecule has 1 saturated carbocycles. The van der Waals surface area contributed by atoms with Crippen molar-refractivity contribution in [2.45, 2.75) is 71.3 Å². The number of aromatic hydroxyl groups is 1. The molecule has 1 fully saturated rings. The van der Waals surface area contributed by atoms with E-state index in [4.69, 9.17) is 4.74 Å². The van der Waals surface area contributed by atoms with Gasteiger partial charge in [0.1, 0.15) is 11.9 Å². The Morgan fingerprint density at radius 2 is 1.93 bits per heavy atom. The molecular formula is C24H29NO4. The molecule has 0 radical (unpaired) electrons. The van der Waals surface area contributed by atoms with Gasteiger partial charge in [0.25, 0.3) is 0 Å². The number of phenolic OH excluding ortho intramolecular Hbond substituents is 1. The van der Waals surface area contributed by atoms with Gasteiger partial charge in [-0.25, -0.2) is 4.79 Å². The van der Waals surface area contributed by atoms with Crippen molar-refractivity contribution >= 4 is 11.8 Å². The molecule has 4 rings (SSSR count). The summed E-state index contributed by atoms with van der Waals surface area (Å²) in [4.78, 5) is 26.4. The number of esters is 1. The van der Waals surface area contributed by atoms with Gasteiger partial charge in [-0.3, -0.25) is 4.79 Å². The van der Waals surface area contributed by atoms with Gasteiger partial charge in [0.2, 0.25) is 0 Å². The van der Waals surface area contributed by atoms with Crippen molar-refractivity contribution in [3.63, 3.8) is 0 Å². The summed E-state index contributed by atoms with van der Waals surface area (Å²) in [5, 5.41) is 13.4. The molecule has 5 heteroatoms. The molecule has 3 aliphatic rings. The molecule has 1 aliphatic heterocycles. The van der Waals surface area contributed by atoms with Crippen molar-refractivity contribution in [1.29, 1.82) is 0 Å².